The molecule has 0 aliphatic rings. The molecule has 0 fully saturated rings. The quantitative estimate of drug-likeness (QED) is 0.395. The molecule has 0 spiro atoms. The largest absolute Gasteiger partial charge is 0.451 e. The Bertz CT molecular complexity index is 951. The molecular formula is C22H22Cl2FN3O3. The second kappa shape index (κ2) is 11.2. The van der Waals surface area contributed by atoms with Crippen molar-refractivity contribution in [1.82, 2.24) is 15.6 Å². The smallest absolute Gasteiger partial charge is 0.253 e. The Morgan fingerprint density at radius 1 is 1.06 bits per heavy atom. The molecule has 1 heterocycles. The molecule has 3 aromatic rings. The van der Waals surface area contributed by atoms with E-state index >= 15 is 0 Å². The number of carbonyl (C=O) groups is 1. The lowest BCUT2D eigenvalue weighted by Crippen LogP contribution is -2.43. The first-order chi connectivity index (χ1) is 15.0. The molecule has 9 heteroatoms. The normalized spacial score (nSPS) is 13.2. The maximum Gasteiger partial charge on any atom is 0.253 e. The third-order valence-electron chi connectivity index (χ3n) is 4.73. The van der Waals surface area contributed by atoms with Gasteiger partial charge in [-0.2, -0.15) is 0 Å². The van der Waals surface area contributed by atoms with Crippen LogP contribution in [0.3, 0.4) is 0 Å². The third kappa shape index (κ3) is 6.51. The van der Waals surface area contributed by atoms with E-state index in [-0.39, 0.29) is 0 Å². The van der Waals surface area contributed by atoms with Gasteiger partial charge in [0.25, 0.3) is 5.91 Å². The Morgan fingerprint density at radius 3 is 2.26 bits per heavy atom. The summed E-state index contributed by atoms with van der Waals surface area (Å²) in [5.74, 6) is -0.753. The summed E-state index contributed by atoms with van der Waals surface area (Å²) in [7, 11) is 0. The minimum atomic E-state index is -1.33. The first-order valence-corrected chi connectivity index (χ1v) is 10.4. The number of carbonyl (C=O) groups excluding carboxylic acids is 1. The van der Waals surface area contributed by atoms with E-state index in [4.69, 9.17) is 27.6 Å². The Kier molecular flexibility index (Phi) is 8.43. The van der Waals surface area contributed by atoms with Crippen LogP contribution in [0, 0.1) is 0 Å². The number of alkyl halides is 3. The molecule has 3 N–H and O–H groups in total. The van der Waals surface area contributed by atoms with Crippen molar-refractivity contribution in [3.8, 4) is 11.1 Å². The van der Waals surface area contributed by atoms with Gasteiger partial charge in [-0.05, 0) is 22.3 Å². The van der Waals surface area contributed by atoms with E-state index in [0.29, 0.717) is 18.7 Å². The van der Waals surface area contributed by atoms with Gasteiger partial charge in [-0.15, -0.1) is 0 Å². The summed E-state index contributed by atoms with van der Waals surface area (Å²) in [6.07, 6.45) is 1.78. The molecule has 1 amide bonds. The van der Waals surface area contributed by atoms with Crippen molar-refractivity contribution in [1.29, 1.82) is 0 Å². The molecule has 0 bridgehead atoms. The van der Waals surface area contributed by atoms with Crippen molar-refractivity contribution in [2.24, 2.45) is 0 Å². The van der Waals surface area contributed by atoms with Gasteiger partial charge in [0.1, 0.15) is 19.0 Å². The lowest BCUT2D eigenvalue weighted by Gasteiger charge is -2.22. The average molecular weight is 466 g/mol. The van der Waals surface area contributed by atoms with Crippen LogP contribution in [0.5, 0.6) is 0 Å². The second-order valence-corrected chi connectivity index (χ2v) is 8.01. The molecule has 2 aromatic carbocycles. The molecule has 2 atom stereocenters. The van der Waals surface area contributed by atoms with Gasteiger partial charge in [0.2, 0.25) is 0 Å². The van der Waals surface area contributed by atoms with E-state index in [1.54, 1.807) is 18.4 Å². The highest BCUT2D eigenvalue weighted by molar-refractivity contribution is 6.53. The maximum atomic E-state index is 13.3. The fourth-order valence-electron chi connectivity index (χ4n) is 3.03. The van der Waals surface area contributed by atoms with Crippen LogP contribution in [0.1, 0.15) is 22.9 Å². The molecule has 1 aromatic heterocycles. The number of aliphatic hydroxyl groups is 1. The molecule has 6 nitrogen and oxygen atoms in total. The molecule has 0 aliphatic heterocycles. The third-order valence-corrected chi connectivity index (χ3v) is 5.13. The molecule has 0 saturated carbocycles. The van der Waals surface area contributed by atoms with E-state index in [1.807, 2.05) is 36.4 Å². The van der Waals surface area contributed by atoms with E-state index in [2.05, 4.69) is 15.6 Å². The topological polar surface area (TPSA) is 87.4 Å². The fourth-order valence-corrected chi connectivity index (χ4v) is 3.15. The Morgan fingerprint density at radius 2 is 1.71 bits per heavy atom. The number of hydrogen-bond donors (Lipinski definition) is 3. The molecule has 164 valence electrons. The van der Waals surface area contributed by atoms with Gasteiger partial charge < -0.3 is 20.2 Å². The molecule has 31 heavy (non-hydrogen) atoms. The van der Waals surface area contributed by atoms with Gasteiger partial charge in [-0.25, -0.2) is 9.37 Å². The molecular weight excluding hydrogens is 444 g/mol. The van der Waals surface area contributed by atoms with Crippen LogP contribution in [0.4, 0.5) is 4.39 Å². The Hall–Kier alpha value is -2.45. The number of nitrogens with one attached hydrogen (secondary N) is 2. The average Bonchev–Trinajstić information content (AvgIpc) is 3.31. The summed E-state index contributed by atoms with van der Waals surface area (Å²) in [5.41, 5.74) is 4.39. The van der Waals surface area contributed by atoms with Crippen LogP contribution in [0.15, 0.2) is 65.6 Å². The number of nitrogens with zero attached hydrogens (tertiary/aromatic N) is 1. The number of amides is 1. The van der Waals surface area contributed by atoms with Crippen molar-refractivity contribution in [2.75, 3.05) is 6.67 Å². The predicted molar refractivity (Wildman–Crippen MR) is 117 cm³/mol. The zero-order chi connectivity index (χ0) is 22.2. The number of aliphatic hydroxyl groups excluding tert-OH is 1. The number of oxazole rings is 1. The predicted octanol–water partition coefficient (Wildman–Crippen LogP) is 3.92. The molecule has 3 rings (SSSR count). The van der Waals surface area contributed by atoms with Crippen LogP contribution in [-0.4, -0.2) is 33.6 Å². The number of halogens is 3. The zero-order valence-corrected chi connectivity index (χ0v) is 18.0. The summed E-state index contributed by atoms with van der Waals surface area (Å²) in [6.45, 7) is 0.361. The van der Waals surface area contributed by atoms with Crippen LogP contribution in [0.2, 0.25) is 0 Å². The number of hydrogen-bond acceptors (Lipinski definition) is 5. The Labute approximate surface area is 189 Å². The van der Waals surface area contributed by atoms with Crippen molar-refractivity contribution in [3.05, 3.63) is 78.0 Å². The van der Waals surface area contributed by atoms with E-state index in [0.717, 1.165) is 22.4 Å². The van der Waals surface area contributed by atoms with Crippen molar-refractivity contribution >= 4 is 29.1 Å². The van der Waals surface area contributed by atoms with Gasteiger partial charge in [0.15, 0.2) is 11.2 Å². The number of aromatic nitrogens is 1. The highest BCUT2D eigenvalue weighted by atomic mass is 35.5. The highest BCUT2D eigenvalue weighted by Crippen LogP contribution is 2.24. The monoisotopic (exact) mass is 465 g/mol. The van der Waals surface area contributed by atoms with Crippen molar-refractivity contribution < 1.29 is 18.7 Å². The standard InChI is InChI=1S/C22H22Cl2FN3O3/c23-21(24)22(30)28-19(9-25)20(29)17-7-5-16(6-8-17)15-3-1-14(2-4-15)10-26-11-18-12-31-13-27-18/h1-8,12-13,19-21,26,29H,9-11H2,(H,28,30)/t19-,20-/m1/s1. The van der Waals surface area contributed by atoms with Crippen LogP contribution >= 0.6 is 23.2 Å². The van der Waals surface area contributed by atoms with Gasteiger partial charge in [0.05, 0.1) is 11.7 Å². The van der Waals surface area contributed by atoms with Gasteiger partial charge in [0, 0.05) is 13.1 Å². The van der Waals surface area contributed by atoms with E-state index in [1.165, 1.54) is 6.39 Å². The summed E-state index contributed by atoms with van der Waals surface area (Å²) in [6, 6.07) is 14.0. The SMILES string of the molecule is O=C(N[C@H](CF)[C@H](O)c1ccc(-c2ccc(CNCc3cocn3)cc2)cc1)C(Cl)Cl. The molecule has 0 saturated heterocycles. The molecule has 0 aliphatic carbocycles. The lowest BCUT2D eigenvalue weighted by molar-refractivity contribution is -0.121. The molecule has 0 radical (unpaired) electrons. The lowest BCUT2D eigenvalue weighted by atomic mass is 9.98. The van der Waals surface area contributed by atoms with Crippen LogP contribution in [0.25, 0.3) is 11.1 Å². The van der Waals surface area contributed by atoms with Crippen LogP contribution < -0.4 is 10.6 Å². The van der Waals surface area contributed by atoms with E-state index in [9.17, 15) is 14.3 Å². The van der Waals surface area contributed by atoms with Crippen LogP contribution in [-0.2, 0) is 17.9 Å². The molecule has 0 unspecified atom stereocenters. The summed E-state index contributed by atoms with van der Waals surface area (Å²) >= 11 is 10.9. The minimum absolute atomic E-state index is 0.473. The van der Waals surface area contributed by atoms with Gasteiger partial charge >= 0.3 is 0 Å². The maximum absolute atomic E-state index is 13.3. The first kappa shape index (κ1) is 23.2. The highest BCUT2D eigenvalue weighted by Gasteiger charge is 2.25. The summed E-state index contributed by atoms with van der Waals surface area (Å²) in [4.78, 5) is 14.3. The number of rotatable bonds is 10. The second-order valence-electron chi connectivity index (χ2n) is 6.92. The van der Waals surface area contributed by atoms with Crippen molar-refractivity contribution in [2.45, 2.75) is 30.1 Å². The van der Waals surface area contributed by atoms with Gasteiger partial charge in [-0.1, -0.05) is 71.7 Å². The fraction of sp³-hybridized carbons (Fsp3) is 0.273. The minimum Gasteiger partial charge on any atom is -0.451 e. The van der Waals surface area contributed by atoms with Crippen molar-refractivity contribution in [3.63, 3.8) is 0 Å². The Balaban J connectivity index is 1.59. The first-order valence-electron chi connectivity index (χ1n) is 9.57. The zero-order valence-electron chi connectivity index (χ0n) is 16.5. The summed E-state index contributed by atoms with van der Waals surface area (Å²) in [5, 5.41) is 16.0. The van der Waals surface area contributed by atoms with E-state index < -0.39 is 29.6 Å². The summed E-state index contributed by atoms with van der Waals surface area (Å²) < 4.78 is 18.2. The van der Waals surface area contributed by atoms with Gasteiger partial charge in [-0.3, -0.25) is 4.79 Å². The number of benzene rings is 2.